The summed E-state index contributed by atoms with van der Waals surface area (Å²) in [7, 11) is 1.98. The van der Waals surface area contributed by atoms with Crippen molar-refractivity contribution in [1.29, 1.82) is 0 Å². The number of nitrogens with one attached hydrogen (secondary N) is 1. The zero-order valence-electron chi connectivity index (χ0n) is 14.2. The van der Waals surface area contributed by atoms with Crippen molar-refractivity contribution < 1.29 is 0 Å². The molecule has 2 aromatic rings. The van der Waals surface area contributed by atoms with Gasteiger partial charge < -0.3 is 9.62 Å². The minimum absolute atomic E-state index is 0.546. The first-order valence-electron chi connectivity index (χ1n) is 8.47. The van der Waals surface area contributed by atoms with Crippen molar-refractivity contribution >= 4 is 24.2 Å². The van der Waals surface area contributed by atoms with E-state index >= 15 is 0 Å². The maximum Gasteiger partial charge on any atom is 0.0699 e. The van der Waals surface area contributed by atoms with Crippen molar-refractivity contribution in [3.63, 3.8) is 0 Å². The summed E-state index contributed by atoms with van der Waals surface area (Å²) in [6, 6.07) is 15.4. The Bertz CT molecular complexity index is 677. The Morgan fingerprint density at radius 3 is 2.52 bits per heavy atom. The molecule has 122 valence electrons. The fourth-order valence-corrected chi connectivity index (χ4v) is 3.27. The zero-order valence-corrected chi connectivity index (χ0v) is 15.1. The number of hydrogen-bond acceptors (Lipinski definition) is 3. The van der Waals surface area contributed by atoms with Gasteiger partial charge in [-0.1, -0.05) is 57.0 Å². The molecule has 3 rings (SSSR count). The van der Waals surface area contributed by atoms with E-state index in [9.17, 15) is 0 Å². The highest BCUT2D eigenvalue weighted by molar-refractivity contribution is 7.81. The van der Waals surface area contributed by atoms with Gasteiger partial charge in [-0.25, -0.2) is 0 Å². The molecule has 1 N–H and O–H groups in total. The fraction of sp³-hybridized carbons (Fsp3) is 0.400. The Balaban J connectivity index is 1.90. The summed E-state index contributed by atoms with van der Waals surface area (Å²) in [5, 5.41) is 3.33. The van der Waals surface area contributed by atoms with Gasteiger partial charge in [0.25, 0.3) is 0 Å². The average molecular weight is 327 g/mol. The largest absolute Gasteiger partial charge is 0.386 e. The van der Waals surface area contributed by atoms with E-state index in [-0.39, 0.29) is 0 Å². The Morgan fingerprint density at radius 2 is 1.87 bits per heavy atom. The molecule has 1 aliphatic rings. The molecule has 2 aromatic carbocycles. The van der Waals surface area contributed by atoms with Gasteiger partial charge in [0.05, 0.1) is 11.4 Å². The molecule has 0 amide bonds. The molecule has 0 unspecified atom stereocenters. The molecule has 0 atom stereocenters. The van der Waals surface area contributed by atoms with Gasteiger partial charge in [0.15, 0.2) is 0 Å². The van der Waals surface area contributed by atoms with Crippen LogP contribution < -0.4 is 9.62 Å². The highest BCUT2D eigenvalue weighted by atomic mass is 32.1. The van der Waals surface area contributed by atoms with Gasteiger partial charge in [-0.05, 0) is 53.5 Å². The van der Waals surface area contributed by atoms with Crippen LogP contribution in [-0.4, -0.2) is 13.6 Å². The Kier molecular flexibility index (Phi) is 4.86. The van der Waals surface area contributed by atoms with Crippen LogP contribution in [0, 0.1) is 5.92 Å². The molecule has 1 aliphatic carbocycles. The van der Waals surface area contributed by atoms with Gasteiger partial charge in [-0.15, -0.1) is 0 Å². The Labute approximate surface area is 145 Å². The summed E-state index contributed by atoms with van der Waals surface area (Å²) in [6.07, 6.45) is 2.68. The normalized spacial score (nSPS) is 14.1. The third-order valence-electron chi connectivity index (χ3n) is 4.56. The van der Waals surface area contributed by atoms with E-state index in [0.717, 1.165) is 23.8 Å². The second-order valence-corrected chi connectivity index (χ2v) is 7.27. The zero-order chi connectivity index (χ0) is 16.4. The van der Waals surface area contributed by atoms with Gasteiger partial charge >= 0.3 is 0 Å². The number of nitrogens with zero attached hydrogens (tertiary/aromatic N) is 1. The Morgan fingerprint density at radius 1 is 1.13 bits per heavy atom. The van der Waals surface area contributed by atoms with E-state index < -0.39 is 0 Å². The summed E-state index contributed by atoms with van der Waals surface area (Å²) in [4.78, 5) is 0. The first-order chi connectivity index (χ1) is 11.1. The number of anilines is 2. The molecule has 23 heavy (non-hydrogen) atoms. The number of thiol groups is 1. The third-order valence-corrected chi connectivity index (χ3v) is 4.94. The van der Waals surface area contributed by atoms with E-state index in [0.29, 0.717) is 5.92 Å². The predicted octanol–water partition coefficient (Wildman–Crippen LogP) is 5.58. The van der Waals surface area contributed by atoms with Crippen LogP contribution in [0.15, 0.2) is 42.5 Å². The first-order valence-corrected chi connectivity index (χ1v) is 8.87. The minimum Gasteiger partial charge on any atom is -0.386 e. The van der Waals surface area contributed by atoms with E-state index in [4.69, 9.17) is 0 Å². The quantitative estimate of drug-likeness (QED) is 0.674. The van der Waals surface area contributed by atoms with Crippen LogP contribution in [-0.2, 0) is 0 Å². The second-order valence-electron chi connectivity index (χ2n) is 6.79. The van der Waals surface area contributed by atoms with E-state index in [1.807, 2.05) is 7.05 Å². The van der Waals surface area contributed by atoms with E-state index in [1.54, 1.807) is 0 Å². The number of benzene rings is 2. The first kappa shape index (κ1) is 16.3. The smallest absolute Gasteiger partial charge is 0.0699 e. The highest BCUT2D eigenvalue weighted by Gasteiger charge is 2.24. The second kappa shape index (κ2) is 6.88. The maximum absolute atomic E-state index is 4.68. The van der Waals surface area contributed by atoms with E-state index in [2.05, 4.69) is 78.7 Å². The van der Waals surface area contributed by atoms with Crippen LogP contribution in [0.3, 0.4) is 0 Å². The topological polar surface area (TPSA) is 15.3 Å². The minimum atomic E-state index is 0.546. The highest BCUT2D eigenvalue weighted by Crippen LogP contribution is 2.37. The Hall–Kier alpha value is -1.61. The molecule has 0 spiro atoms. The maximum atomic E-state index is 4.68. The molecule has 0 aliphatic heterocycles. The summed E-state index contributed by atoms with van der Waals surface area (Å²) in [5.74, 6) is 1.36. The molecule has 0 aromatic heterocycles. The summed E-state index contributed by atoms with van der Waals surface area (Å²) in [5.41, 5.74) is 6.18. The lowest BCUT2D eigenvalue weighted by atomic mass is 9.97. The van der Waals surface area contributed by atoms with Crippen LogP contribution >= 0.6 is 12.8 Å². The van der Waals surface area contributed by atoms with Crippen LogP contribution in [0.2, 0.25) is 0 Å². The van der Waals surface area contributed by atoms with Crippen LogP contribution in [0.1, 0.15) is 38.2 Å². The monoisotopic (exact) mass is 326 g/mol. The van der Waals surface area contributed by atoms with Crippen molar-refractivity contribution in [1.82, 2.24) is 0 Å². The van der Waals surface area contributed by atoms with Crippen LogP contribution in [0.25, 0.3) is 11.1 Å². The molecule has 1 fully saturated rings. The van der Waals surface area contributed by atoms with Gasteiger partial charge in [-0.3, -0.25) is 0 Å². The molecule has 1 saturated carbocycles. The van der Waals surface area contributed by atoms with Crippen LogP contribution in [0.4, 0.5) is 11.4 Å². The molecule has 0 heterocycles. The predicted molar refractivity (Wildman–Crippen MR) is 105 cm³/mol. The standard InChI is InChI=1S/C20H26N2S/c1-14(2)16-5-4-6-17(11-16)18-9-10-20(19(12-18)21-3)22(23)13-15-7-8-15/h4-6,9-12,14-15,21,23H,7-8,13H2,1-3H3. The van der Waals surface area contributed by atoms with Gasteiger partial charge in [0, 0.05) is 13.6 Å². The van der Waals surface area contributed by atoms with Crippen LogP contribution in [0.5, 0.6) is 0 Å². The SMILES string of the molecule is CNc1cc(-c2cccc(C(C)C)c2)ccc1N(S)CC1CC1. The van der Waals surface area contributed by atoms with Gasteiger partial charge in [-0.2, -0.15) is 0 Å². The number of hydrogen-bond donors (Lipinski definition) is 2. The van der Waals surface area contributed by atoms with Crippen molar-refractivity contribution in [3.8, 4) is 11.1 Å². The summed E-state index contributed by atoms with van der Waals surface area (Å²) in [6.45, 7) is 5.50. The molecule has 2 nitrogen and oxygen atoms in total. The molecule has 3 heteroatoms. The molecular weight excluding hydrogens is 300 g/mol. The molecule has 0 saturated heterocycles. The third kappa shape index (κ3) is 3.84. The van der Waals surface area contributed by atoms with Gasteiger partial charge in [0.2, 0.25) is 0 Å². The lowest BCUT2D eigenvalue weighted by Gasteiger charge is -2.21. The van der Waals surface area contributed by atoms with Gasteiger partial charge in [0.1, 0.15) is 0 Å². The summed E-state index contributed by atoms with van der Waals surface area (Å²) < 4.78 is 2.08. The number of rotatable bonds is 6. The molecule has 0 bridgehead atoms. The molecule has 0 radical (unpaired) electrons. The fourth-order valence-electron chi connectivity index (χ4n) is 2.86. The van der Waals surface area contributed by atoms with Crippen molar-refractivity contribution in [2.24, 2.45) is 5.92 Å². The lowest BCUT2D eigenvalue weighted by Crippen LogP contribution is -2.15. The lowest BCUT2D eigenvalue weighted by molar-refractivity contribution is 0.851. The van der Waals surface area contributed by atoms with Crippen molar-refractivity contribution in [2.75, 3.05) is 23.2 Å². The van der Waals surface area contributed by atoms with Crippen molar-refractivity contribution in [3.05, 3.63) is 48.0 Å². The van der Waals surface area contributed by atoms with Crippen molar-refractivity contribution in [2.45, 2.75) is 32.6 Å². The molecular formula is C20H26N2S. The van der Waals surface area contributed by atoms with E-state index in [1.165, 1.54) is 29.5 Å². The average Bonchev–Trinajstić information content (AvgIpc) is 3.38. The summed E-state index contributed by atoms with van der Waals surface area (Å²) >= 11 is 4.68.